The molecule has 110 valence electrons. The second-order valence-corrected chi connectivity index (χ2v) is 7.33. The van der Waals surface area contributed by atoms with E-state index in [9.17, 15) is 13.2 Å². The Morgan fingerprint density at radius 2 is 1.76 bits per heavy atom. The molecule has 0 radical (unpaired) electrons. The van der Waals surface area contributed by atoms with Crippen molar-refractivity contribution in [3.8, 4) is 0 Å². The molecule has 0 atom stereocenters. The Bertz CT molecular complexity index is 792. The standard InChI is InChI=1S/C13H10ClIN2O3S/c14-11-7-10(5-6-12(11)21(16,19)20)17-13(18)8-1-3-9(15)4-2-8/h1-7H,(H,17,18)(H2,16,19,20). The van der Waals surface area contributed by atoms with Gasteiger partial charge < -0.3 is 5.32 Å². The van der Waals surface area contributed by atoms with Gasteiger partial charge in [-0.25, -0.2) is 13.6 Å². The molecule has 0 heterocycles. The van der Waals surface area contributed by atoms with Gasteiger partial charge in [0.1, 0.15) is 4.90 Å². The Hall–Kier alpha value is -1.16. The minimum Gasteiger partial charge on any atom is -0.322 e. The predicted molar refractivity (Wildman–Crippen MR) is 89.9 cm³/mol. The largest absolute Gasteiger partial charge is 0.322 e. The average Bonchev–Trinajstić information content (AvgIpc) is 2.37. The molecule has 3 N–H and O–H groups in total. The molecular formula is C13H10ClIN2O3S. The van der Waals surface area contributed by atoms with Crippen molar-refractivity contribution < 1.29 is 13.2 Å². The van der Waals surface area contributed by atoms with Crippen LogP contribution >= 0.6 is 34.2 Å². The molecule has 1 amide bonds. The van der Waals surface area contributed by atoms with Crippen molar-refractivity contribution in [3.63, 3.8) is 0 Å². The van der Waals surface area contributed by atoms with E-state index < -0.39 is 10.0 Å². The van der Waals surface area contributed by atoms with Gasteiger partial charge in [0, 0.05) is 14.8 Å². The number of nitrogens with two attached hydrogens (primary N) is 1. The number of hydrogen-bond acceptors (Lipinski definition) is 3. The van der Waals surface area contributed by atoms with Crippen LogP contribution in [-0.2, 0) is 10.0 Å². The van der Waals surface area contributed by atoms with Crippen LogP contribution in [-0.4, -0.2) is 14.3 Å². The molecule has 21 heavy (non-hydrogen) atoms. The molecule has 0 saturated heterocycles. The van der Waals surface area contributed by atoms with E-state index in [0.717, 1.165) is 3.57 Å². The van der Waals surface area contributed by atoms with Gasteiger partial charge in [-0.2, -0.15) is 0 Å². The molecule has 0 aromatic heterocycles. The maximum atomic E-state index is 12.0. The third-order valence-electron chi connectivity index (χ3n) is 2.60. The molecule has 2 aromatic rings. The number of anilines is 1. The zero-order valence-electron chi connectivity index (χ0n) is 10.5. The van der Waals surface area contributed by atoms with Gasteiger partial charge >= 0.3 is 0 Å². The van der Waals surface area contributed by atoms with Crippen molar-refractivity contribution >= 4 is 55.8 Å². The van der Waals surface area contributed by atoms with E-state index in [-0.39, 0.29) is 15.8 Å². The van der Waals surface area contributed by atoms with E-state index in [4.69, 9.17) is 16.7 Å². The molecule has 0 fully saturated rings. The van der Waals surface area contributed by atoms with Gasteiger partial charge in [0.2, 0.25) is 10.0 Å². The first kappa shape index (κ1) is 16.2. The number of halogens is 2. The Labute approximate surface area is 140 Å². The van der Waals surface area contributed by atoms with Gasteiger partial charge in [-0.15, -0.1) is 0 Å². The Morgan fingerprint density at radius 3 is 2.29 bits per heavy atom. The van der Waals surface area contributed by atoms with Gasteiger partial charge in [0.15, 0.2) is 0 Å². The molecule has 0 unspecified atom stereocenters. The number of benzene rings is 2. The summed E-state index contributed by atoms with van der Waals surface area (Å²) >= 11 is 7.99. The third-order valence-corrected chi connectivity index (χ3v) is 4.72. The summed E-state index contributed by atoms with van der Waals surface area (Å²) in [6.07, 6.45) is 0. The maximum Gasteiger partial charge on any atom is 0.255 e. The smallest absolute Gasteiger partial charge is 0.255 e. The van der Waals surface area contributed by atoms with Crippen LogP contribution in [0.1, 0.15) is 10.4 Å². The van der Waals surface area contributed by atoms with Crippen LogP contribution in [0.25, 0.3) is 0 Å². The summed E-state index contributed by atoms with van der Waals surface area (Å²) < 4.78 is 23.5. The lowest BCUT2D eigenvalue weighted by molar-refractivity contribution is 0.102. The van der Waals surface area contributed by atoms with Crippen molar-refractivity contribution in [2.24, 2.45) is 5.14 Å². The number of carbonyl (C=O) groups excluding carboxylic acids is 1. The van der Waals surface area contributed by atoms with E-state index >= 15 is 0 Å². The molecule has 5 nitrogen and oxygen atoms in total. The number of hydrogen-bond donors (Lipinski definition) is 2. The van der Waals surface area contributed by atoms with Crippen molar-refractivity contribution in [3.05, 3.63) is 56.6 Å². The highest BCUT2D eigenvalue weighted by Crippen LogP contribution is 2.24. The summed E-state index contributed by atoms with van der Waals surface area (Å²) in [5.41, 5.74) is 0.873. The average molecular weight is 437 g/mol. The summed E-state index contributed by atoms with van der Waals surface area (Å²) in [4.78, 5) is 11.8. The van der Waals surface area contributed by atoms with Crippen molar-refractivity contribution in [1.29, 1.82) is 0 Å². The third kappa shape index (κ3) is 4.16. The number of carbonyl (C=O) groups is 1. The van der Waals surface area contributed by atoms with Crippen molar-refractivity contribution in [1.82, 2.24) is 0 Å². The maximum absolute atomic E-state index is 12.0. The number of rotatable bonds is 3. The Kier molecular flexibility index (Phi) is 4.87. The molecule has 2 rings (SSSR count). The molecule has 8 heteroatoms. The Morgan fingerprint density at radius 1 is 1.14 bits per heavy atom. The fourth-order valence-corrected chi connectivity index (χ4v) is 3.07. The first-order valence-electron chi connectivity index (χ1n) is 5.66. The lowest BCUT2D eigenvalue weighted by Gasteiger charge is -2.08. The highest BCUT2D eigenvalue weighted by molar-refractivity contribution is 14.1. The second-order valence-electron chi connectivity index (χ2n) is 4.15. The molecule has 0 aliphatic heterocycles. The molecule has 2 aromatic carbocycles. The van der Waals surface area contributed by atoms with Crippen molar-refractivity contribution in [2.45, 2.75) is 4.90 Å². The number of sulfonamides is 1. The van der Waals surface area contributed by atoms with Gasteiger partial charge in [-0.3, -0.25) is 4.79 Å². The fourth-order valence-electron chi connectivity index (χ4n) is 1.61. The monoisotopic (exact) mass is 436 g/mol. The highest BCUT2D eigenvalue weighted by atomic mass is 127. The fraction of sp³-hybridized carbons (Fsp3) is 0. The summed E-state index contributed by atoms with van der Waals surface area (Å²) in [7, 11) is -3.88. The number of nitrogens with one attached hydrogen (secondary N) is 1. The molecule has 0 bridgehead atoms. The van der Waals surface area contributed by atoms with Crippen LogP contribution in [0.4, 0.5) is 5.69 Å². The quantitative estimate of drug-likeness (QED) is 0.725. The zero-order chi connectivity index (χ0) is 15.6. The highest BCUT2D eigenvalue weighted by Gasteiger charge is 2.14. The zero-order valence-corrected chi connectivity index (χ0v) is 14.2. The first-order chi connectivity index (χ1) is 9.77. The summed E-state index contributed by atoms with van der Waals surface area (Å²) in [6, 6.07) is 11.0. The van der Waals surface area contributed by atoms with Crippen LogP contribution < -0.4 is 10.5 Å². The minimum absolute atomic E-state index is 0.0436. The van der Waals surface area contributed by atoms with Crippen LogP contribution in [0.3, 0.4) is 0 Å². The summed E-state index contributed by atoms with van der Waals surface area (Å²) in [5.74, 6) is -0.314. The topological polar surface area (TPSA) is 89.3 Å². The Balaban J connectivity index is 2.22. The summed E-state index contributed by atoms with van der Waals surface area (Å²) in [6.45, 7) is 0. The molecule has 0 spiro atoms. The van der Waals surface area contributed by atoms with Gasteiger partial charge in [-0.05, 0) is 65.1 Å². The van der Waals surface area contributed by atoms with Gasteiger partial charge in [0.25, 0.3) is 5.91 Å². The number of amides is 1. The molecule has 0 aliphatic rings. The van der Waals surface area contributed by atoms with E-state index in [2.05, 4.69) is 27.9 Å². The predicted octanol–water partition coefficient (Wildman–Crippen LogP) is 2.84. The van der Waals surface area contributed by atoms with E-state index in [1.54, 1.807) is 12.1 Å². The lowest BCUT2D eigenvalue weighted by atomic mass is 10.2. The van der Waals surface area contributed by atoms with Gasteiger partial charge in [-0.1, -0.05) is 11.6 Å². The lowest BCUT2D eigenvalue weighted by Crippen LogP contribution is -2.14. The first-order valence-corrected chi connectivity index (χ1v) is 8.67. The SMILES string of the molecule is NS(=O)(=O)c1ccc(NC(=O)c2ccc(I)cc2)cc1Cl. The van der Waals surface area contributed by atoms with E-state index in [1.165, 1.54) is 18.2 Å². The number of primary sulfonamides is 1. The van der Waals surface area contributed by atoms with Crippen LogP contribution in [0, 0.1) is 3.57 Å². The normalized spacial score (nSPS) is 11.2. The van der Waals surface area contributed by atoms with E-state index in [1.807, 2.05) is 12.1 Å². The summed E-state index contributed by atoms with van der Waals surface area (Å²) in [5, 5.41) is 7.61. The molecule has 0 saturated carbocycles. The molecule has 0 aliphatic carbocycles. The van der Waals surface area contributed by atoms with Crippen LogP contribution in [0.5, 0.6) is 0 Å². The van der Waals surface area contributed by atoms with Gasteiger partial charge in [0.05, 0.1) is 5.02 Å². The minimum atomic E-state index is -3.88. The molecular weight excluding hydrogens is 427 g/mol. The second kappa shape index (κ2) is 6.30. The van der Waals surface area contributed by atoms with Crippen LogP contribution in [0.2, 0.25) is 5.02 Å². The van der Waals surface area contributed by atoms with Crippen molar-refractivity contribution in [2.75, 3.05) is 5.32 Å². The van der Waals surface area contributed by atoms with E-state index in [0.29, 0.717) is 11.3 Å². The van der Waals surface area contributed by atoms with Crippen LogP contribution in [0.15, 0.2) is 47.4 Å².